The van der Waals surface area contributed by atoms with E-state index in [1.807, 2.05) is 6.92 Å². The van der Waals surface area contributed by atoms with Gasteiger partial charge in [-0.05, 0) is 43.3 Å². The molecule has 0 aliphatic heterocycles. The van der Waals surface area contributed by atoms with Gasteiger partial charge in [0, 0.05) is 16.3 Å². The van der Waals surface area contributed by atoms with E-state index in [1.54, 1.807) is 36.4 Å². The molecule has 0 bridgehead atoms. The molecule has 0 radical (unpaired) electrons. The van der Waals surface area contributed by atoms with E-state index in [-0.39, 0.29) is 10.8 Å². The van der Waals surface area contributed by atoms with Crippen molar-refractivity contribution in [2.45, 2.75) is 21.9 Å². The lowest BCUT2D eigenvalue weighted by atomic mass is 10.1. The number of hydrogen-bond donors (Lipinski definition) is 0. The van der Waals surface area contributed by atoms with Gasteiger partial charge < -0.3 is 4.42 Å². The third kappa shape index (κ3) is 3.60. The van der Waals surface area contributed by atoms with Gasteiger partial charge in [0.05, 0.1) is 4.90 Å². The maximum atomic E-state index is 12.9. The number of aryl methyl sites for hydroxylation is 1. The molecule has 0 spiro atoms. The van der Waals surface area contributed by atoms with E-state index in [0.717, 1.165) is 11.8 Å². The SMILES string of the molecule is Cc1ccc(-c2nc(S(=O)(=O)c3ccc(Br)cc3)c(S(C)(=O)=O)o2)cc1. The predicted molar refractivity (Wildman–Crippen MR) is 99.4 cm³/mol. The van der Waals surface area contributed by atoms with Crippen molar-refractivity contribution in [3.8, 4) is 11.5 Å². The molecule has 0 fully saturated rings. The Bertz CT molecular complexity index is 1160. The average Bonchev–Trinajstić information content (AvgIpc) is 3.02. The van der Waals surface area contributed by atoms with Crippen molar-refractivity contribution in [1.82, 2.24) is 4.98 Å². The molecule has 0 aliphatic carbocycles. The third-order valence-electron chi connectivity index (χ3n) is 3.58. The standard InChI is InChI=1S/C17H14BrNO5S2/c1-11-3-5-12(6-4-11)15-19-16(17(24-15)25(2,20)21)26(22,23)14-9-7-13(18)8-10-14/h3-10H,1-2H3. The van der Waals surface area contributed by atoms with Gasteiger partial charge in [-0.25, -0.2) is 16.8 Å². The lowest BCUT2D eigenvalue weighted by molar-refractivity contribution is 0.447. The van der Waals surface area contributed by atoms with Crippen LogP contribution in [0.15, 0.2) is 72.4 Å². The number of aromatic nitrogens is 1. The summed E-state index contributed by atoms with van der Waals surface area (Å²) >= 11 is 3.23. The molecule has 1 heterocycles. The summed E-state index contributed by atoms with van der Waals surface area (Å²) < 4.78 is 56.0. The smallest absolute Gasteiger partial charge is 0.258 e. The average molecular weight is 456 g/mol. The van der Waals surface area contributed by atoms with Crippen molar-refractivity contribution < 1.29 is 21.3 Å². The first-order valence-corrected chi connectivity index (χ1v) is 11.5. The van der Waals surface area contributed by atoms with E-state index in [0.29, 0.717) is 10.0 Å². The van der Waals surface area contributed by atoms with Crippen LogP contribution in [0.25, 0.3) is 11.5 Å². The summed E-state index contributed by atoms with van der Waals surface area (Å²) in [5.41, 5.74) is 1.48. The van der Waals surface area contributed by atoms with Gasteiger partial charge in [-0.3, -0.25) is 0 Å². The van der Waals surface area contributed by atoms with Crippen molar-refractivity contribution in [3.63, 3.8) is 0 Å². The lowest BCUT2D eigenvalue weighted by Crippen LogP contribution is -2.08. The van der Waals surface area contributed by atoms with Crippen molar-refractivity contribution in [3.05, 3.63) is 58.6 Å². The van der Waals surface area contributed by atoms with E-state index < -0.39 is 29.8 Å². The van der Waals surface area contributed by atoms with Gasteiger partial charge in [-0.2, -0.15) is 4.98 Å². The van der Waals surface area contributed by atoms with Gasteiger partial charge in [0.15, 0.2) is 0 Å². The van der Waals surface area contributed by atoms with Crippen LogP contribution in [-0.4, -0.2) is 28.1 Å². The quantitative estimate of drug-likeness (QED) is 0.595. The number of benzene rings is 2. The zero-order chi connectivity index (χ0) is 19.1. The van der Waals surface area contributed by atoms with Crippen molar-refractivity contribution >= 4 is 35.6 Å². The molecule has 6 nitrogen and oxygen atoms in total. The molecule has 2 aromatic carbocycles. The van der Waals surface area contributed by atoms with Crippen LogP contribution in [0.4, 0.5) is 0 Å². The van der Waals surface area contributed by atoms with Gasteiger partial charge in [0.25, 0.3) is 5.09 Å². The summed E-state index contributed by atoms with van der Waals surface area (Å²) in [4.78, 5) is 3.93. The summed E-state index contributed by atoms with van der Waals surface area (Å²) in [5.74, 6) is -0.0684. The molecule has 0 unspecified atom stereocenters. The zero-order valence-corrected chi connectivity index (χ0v) is 17.0. The maximum Gasteiger partial charge on any atom is 0.258 e. The molecular weight excluding hydrogens is 442 g/mol. The molecule has 0 saturated carbocycles. The van der Waals surface area contributed by atoms with Crippen molar-refractivity contribution in [1.29, 1.82) is 0 Å². The fourth-order valence-corrected chi connectivity index (χ4v) is 5.06. The second-order valence-electron chi connectivity index (χ2n) is 5.71. The Balaban J connectivity index is 2.23. The van der Waals surface area contributed by atoms with E-state index in [9.17, 15) is 16.8 Å². The Morgan fingerprint density at radius 1 is 0.923 bits per heavy atom. The van der Waals surface area contributed by atoms with E-state index >= 15 is 0 Å². The molecule has 0 amide bonds. The van der Waals surface area contributed by atoms with Crippen LogP contribution in [-0.2, 0) is 19.7 Å². The van der Waals surface area contributed by atoms with Crippen LogP contribution in [0.1, 0.15) is 5.56 Å². The zero-order valence-electron chi connectivity index (χ0n) is 13.8. The van der Waals surface area contributed by atoms with Crippen molar-refractivity contribution in [2.75, 3.05) is 6.26 Å². The van der Waals surface area contributed by atoms with Crippen molar-refractivity contribution in [2.24, 2.45) is 0 Å². The largest absolute Gasteiger partial charge is 0.423 e. The molecule has 3 rings (SSSR count). The fraction of sp³-hybridized carbons (Fsp3) is 0.118. The van der Waals surface area contributed by atoms with Gasteiger partial charge in [0.1, 0.15) is 0 Å². The molecule has 26 heavy (non-hydrogen) atoms. The number of halogens is 1. The highest BCUT2D eigenvalue weighted by molar-refractivity contribution is 9.10. The first-order valence-electron chi connectivity index (χ1n) is 7.37. The Morgan fingerprint density at radius 2 is 1.50 bits per heavy atom. The van der Waals surface area contributed by atoms with Gasteiger partial charge in [0.2, 0.25) is 30.6 Å². The molecule has 1 aromatic heterocycles. The van der Waals surface area contributed by atoms with Gasteiger partial charge in [-0.15, -0.1) is 0 Å². The molecule has 0 N–H and O–H groups in total. The van der Waals surface area contributed by atoms with E-state index in [4.69, 9.17) is 4.42 Å². The molecule has 0 aliphatic rings. The molecule has 136 valence electrons. The van der Waals surface area contributed by atoms with Crippen LogP contribution in [0.5, 0.6) is 0 Å². The Labute approximate surface area is 159 Å². The van der Waals surface area contributed by atoms with Crippen LogP contribution < -0.4 is 0 Å². The third-order valence-corrected chi connectivity index (χ3v) is 6.87. The van der Waals surface area contributed by atoms with Crippen LogP contribution >= 0.6 is 15.9 Å². The van der Waals surface area contributed by atoms with Gasteiger partial charge >= 0.3 is 0 Å². The number of rotatable bonds is 4. The second-order valence-corrected chi connectivity index (χ2v) is 10.4. The topological polar surface area (TPSA) is 94.3 Å². The fourth-order valence-electron chi connectivity index (χ4n) is 2.24. The first kappa shape index (κ1) is 18.8. The van der Waals surface area contributed by atoms with Crippen LogP contribution in [0.2, 0.25) is 0 Å². The molecule has 9 heteroatoms. The second kappa shape index (κ2) is 6.64. The van der Waals surface area contributed by atoms with E-state index in [2.05, 4.69) is 20.9 Å². The maximum absolute atomic E-state index is 12.9. The molecule has 0 atom stereocenters. The number of nitrogens with zero attached hydrogens (tertiary/aromatic N) is 1. The lowest BCUT2D eigenvalue weighted by Gasteiger charge is -2.02. The Morgan fingerprint density at radius 3 is 2.04 bits per heavy atom. The summed E-state index contributed by atoms with van der Waals surface area (Å²) in [5, 5.41) is -1.28. The minimum atomic E-state index is -4.17. The number of hydrogen-bond acceptors (Lipinski definition) is 6. The minimum Gasteiger partial charge on any atom is -0.423 e. The summed E-state index contributed by atoms with van der Waals surface area (Å²) in [6, 6.07) is 12.8. The number of sulfone groups is 2. The monoisotopic (exact) mass is 455 g/mol. The highest BCUT2D eigenvalue weighted by Crippen LogP contribution is 2.32. The Kier molecular flexibility index (Phi) is 4.80. The first-order chi connectivity index (χ1) is 12.1. The highest BCUT2D eigenvalue weighted by Gasteiger charge is 2.33. The summed E-state index contributed by atoms with van der Waals surface area (Å²) in [6.45, 7) is 1.89. The highest BCUT2D eigenvalue weighted by atomic mass is 79.9. The van der Waals surface area contributed by atoms with Crippen LogP contribution in [0, 0.1) is 6.92 Å². The molecule has 0 saturated heterocycles. The van der Waals surface area contributed by atoms with Crippen LogP contribution in [0.3, 0.4) is 0 Å². The Hall–Kier alpha value is -1.97. The molecule has 3 aromatic rings. The van der Waals surface area contributed by atoms with E-state index in [1.165, 1.54) is 12.1 Å². The number of oxazole rings is 1. The predicted octanol–water partition coefficient (Wildman–Crippen LogP) is 3.65. The summed E-state index contributed by atoms with van der Waals surface area (Å²) in [6.07, 6.45) is 0.882. The minimum absolute atomic E-state index is 0.0684. The summed E-state index contributed by atoms with van der Waals surface area (Å²) in [7, 11) is -8.12. The molecular formula is C17H14BrNO5S2. The van der Waals surface area contributed by atoms with Gasteiger partial charge in [-0.1, -0.05) is 33.6 Å². The normalized spacial score (nSPS) is 12.3.